The van der Waals surface area contributed by atoms with Crippen LogP contribution in [0.1, 0.15) is 51.1 Å². The molecule has 0 aliphatic heterocycles. The summed E-state index contributed by atoms with van der Waals surface area (Å²) in [5, 5.41) is 5.45. The van der Waals surface area contributed by atoms with Crippen molar-refractivity contribution < 1.29 is 4.52 Å². The predicted molar refractivity (Wildman–Crippen MR) is 66.6 cm³/mol. The van der Waals surface area contributed by atoms with Crippen LogP contribution in [0.15, 0.2) is 28.8 Å². The average molecular weight is 217 g/mol. The summed E-state index contributed by atoms with van der Waals surface area (Å²) in [7, 11) is 0. The molecule has 0 aliphatic rings. The van der Waals surface area contributed by atoms with E-state index in [1.807, 2.05) is 12.1 Å². The van der Waals surface area contributed by atoms with E-state index in [9.17, 15) is 0 Å². The summed E-state index contributed by atoms with van der Waals surface area (Å²) in [6, 6.07) is 8.14. The Morgan fingerprint density at radius 1 is 1.12 bits per heavy atom. The Morgan fingerprint density at radius 2 is 1.81 bits per heavy atom. The largest absolute Gasteiger partial charge is 0.356 e. The lowest BCUT2D eigenvalue weighted by molar-refractivity contribution is 0.425. The molecule has 1 aromatic heterocycles. The van der Waals surface area contributed by atoms with E-state index in [0.29, 0.717) is 5.92 Å². The van der Waals surface area contributed by atoms with Gasteiger partial charge in [0.2, 0.25) is 0 Å². The van der Waals surface area contributed by atoms with Crippen LogP contribution in [-0.2, 0) is 0 Å². The van der Waals surface area contributed by atoms with Gasteiger partial charge in [-0.1, -0.05) is 44.0 Å². The highest BCUT2D eigenvalue weighted by atomic mass is 16.5. The number of hydrogen-bond donors (Lipinski definition) is 0. The molecule has 0 saturated heterocycles. The van der Waals surface area contributed by atoms with E-state index >= 15 is 0 Å². The van der Waals surface area contributed by atoms with Crippen LogP contribution in [0.3, 0.4) is 0 Å². The van der Waals surface area contributed by atoms with Gasteiger partial charge in [-0.25, -0.2) is 0 Å². The smallest absolute Gasteiger partial charge is 0.167 e. The number of nitrogens with zero attached hydrogens (tertiary/aromatic N) is 1. The first kappa shape index (κ1) is 11.2. The van der Waals surface area contributed by atoms with Crippen molar-refractivity contribution in [2.45, 2.75) is 45.4 Å². The minimum atomic E-state index is 0.554. The van der Waals surface area contributed by atoms with Gasteiger partial charge in [0.1, 0.15) is 0 Å². The van der Waals surface area contributed by atoms with Crippen LogP contribution in [-0.4, -0.2) is 5.16 Å². The molecule has 2 aromatic rings. The average Bonchev–Trinajstić information content (AvgIpc) is 2.72. The maximum absolute atomic E-state index is 5.37. The summed E-state index contributed by atoms with van der Waals surface area (Å²) in [5.41, 5.74) is 2.06. The Balaban J connectivity index is 2.36. The molecular formula is C14H19NO. The summed E-state index contributed by atoms with van der Waals surface area (Å²) in [6.45, 7) is 4.45. The molecular weight excluding hydrogens is 198 g/mol. The van der Waals surface area contributed by atoms with Crippen molar-refractivity contribution in [3.8, 4) is 0 Å². The van der Waals surface area contributed by atoms with E-state index in [1.165, 1.54) is 31.1 Å². The van der Waals surface area contributed by atoms with Crippen LogP contribution in [0, 0.1) is 0 Å². The van der Waals surface area contributed by atoms with E-state index in [4.69, 9.17) is 4.52 Å². The second-order valence-corrected chi connectivity index (χ2v) is 4.34. The quantitative estimate of drug-likeness (QED) is 0.736. The zero-order chi connectivity index (χ0) is 11.4. The lowest BCUT2D eigenvalue weighted by Gasteiger charge is -2.11. The summed E-state index contributed by atoms with van der Waals surface area (Å²) < 4.78 is 5.37. The molecule has 0 N–H and O–H groups in total. The molecule has 0 bridgehead atoms. The maximum atomic E-state index is 5.37. The van der Waals surface area contributed by atoms with Gasteiger partial charge in [-0.3, -0.25) is 0 Å². The van der Waals surface area contributed by atoms with Gasteiger partial charge < -0.3 is 4.52 Å². The van der Waals surface area contributed by atoms with Crippen molar-refractivity contribution in [1.29, 1.82) is 0 Å². The molecule has 1 heterocycles. The molecule has 0 fully saturated rings. The van der Waals surface area contributed by atoms with E-state index in [-0.39, 0.29) is 0 Å². The van der Waals surface area contributed by atoms with Crippen LogP contribution < -0.4 is 0 Å². The third-order valence-corrected chi connectivity index (χ3v) is 3.07. The van der Waals surface area contributed by atoms with Crippen LogP contribution in [0.25, 0.3) is 11.0 Å². The molecule has 2 heteroatoms. The van der Waals surface area contributed by atoms with Crippen molar-refractivity contribution in [3.63, 3.8) is 0 Å². The molecule has 2 rings (SSSR count). The second-order valence-electron chi connectivity index (χ2n) is 4.34. The third kappa shape index (κ3) is 2.11. The van der Waals surface area contributed by atoms with Gasteiger partial charge in [-0.05, 0) is 25.0 Å². The van der Waals surface area contributed by atoms with Gasteiger partial charge in [0, 0.05) is 11.3 Å². The van der Waals surface area contributed by atoms with Gasteiger partial charge in [-0.2, -0.15) is 0 Å². The van der Waals surface area contributed by atoms with E-state index in [0.717, 1.165) is 11.3 Å². The van der Waals surface area contributed by atoms with Crippen LogP contribution in [0.2, 0.25) is 0 Å². The van der Waals surface area contributed by atoms with Crippen LogP contribution in [0.5, 0.6) is 0 Å². The van der Waals surface area contributed by atoms with Crippen molar-refractivity contribution in [1.82, 2.24) is 5.16 Å². The lowest BCUT2D eigenvalue weighted by atomic mass is 9.93. The molecule has 0 aliphatic carbocycles. The molecule has 0 amide bonds. The maximum Gasteiger partial charge on any atom is 0.167 e. The first-order chi connectivity index (χ1) is 7.86. The summed E-state index contributed by atoms with van der Waals surface area (Å²) in [4.78, 5) is 0. The monoisotopic (exact) mass is 217 g/mol. The fraction of sp³-hybridized carbons (Fsp3) is 0.500. The van der Waals surface area contributed by atoms with Gasteiger partial charge >= 0.3 is 0 Å². The number of aromatic nitrogens is 1. The Bertz CT molecular complexity index is 441. The lowest BCUT2D eigenvalue weighted by Crippen LogP contribution is -1.99. The number of fused-ring (bicyclic) bond motifs is 1. The van der Waals surface area contributed by atoms with Crippen molar-refractivity contribution in [2.75, 3.05) is 0 Å². The van der Waals surface area contributed by atoms with Crippen molar-refractivity contribution >= 4 is 11.0 Å². The zero-order valence-electron chi connectivity index (χ0n) is 10.1. The molecule has 0 radical (unpaired) electrons. The fourth-order valence-corrected chi connectivity index (χ4v) is 2.31. The molecule has 0 spiro atoms. The normalized spacial score (nSPS) is 11.4. The summed E-state index contributed by atoms with van der Waals surface area (Å²) in [5.74, 6) is 0.554. The predicted octanol–water partition coefficient (Wildman–Crippen LogP) is 4.51. The van der Waals surface area contributed by atoms with E-state index in [1.54, 1.807) is 0 Å². The SMILES string of the molecule is CCCC(CCC)c1noc2ccccc12. The Hall–Kier alpha value is -1.31. The highest BCUT2D eigenvalue weighted by Crippen LogP contribution is 2.31. The standard InChI is InChI=1S/C14H19NO/c1-3-7-11(8-4-2)14-12-9-5-6-10-13(12)16-15-14/h5-6,9-11H,3-4,7-8H2,1-2H3. The molecule has 2 nitrogen and oxygen atoms in total. The number of rotatable bonds is 5. The van der Waals surface area contributed by atoms with Crippen LogP contribution in [0.4, 0.5) is 0 Å². The van der Waals surface area contributed by atoms with Crippen LogP contribution >= 0.6 is 0 Å². The van der Waals surface area contributed by atoms with Crippen molar-refractivity contribution in [3.05, 3.63) is 30.0 Å². The van der Waals surface area contributed by atoms with Gasteiger partial charge in [-0.15, -0.1) is 0 Å². The Morgan fingerprint density at radius 3 is 2.50 bits per heavy atom. The molecule has 1 aromatic carbocycles. The molecule has 0 unspecified atom stereocenters. The molecule has 0 saturated carbocycles. The highest BCUT2D eigenvalue weighted by molar-refractivity contribution is 5.79. The molecule has 0 atom stereocenters. The first-order valence-electron chi connectivity index (χ1n) is 6.21. The zero-order valence-corrected chi connectivity index (χ0v) is 10.1. The Kier molecular flexibility index (Phi) is 3.60. The van der Waals surface area contributed by atoms with E-state index in [2.05, 4.69) is 31.1 Å². The molecule has 86 valence electrons. The van der Waals surface area contributed by atoms with Gasteiger partial charge in [0.05, 0.1) is 5.69 Å². The minimum absolute atomic E-state index is 0.554. The first-order valence-corrected chi connectivity index (χ1v) is 6.21. The van der Waals surface area contributed by atoms with Crippen molar-refractivity contribution in [2.24, 2.45) is 0 Å². The molecule has 16 heavy (non-hydrogen) atoms. The topological polar surface area (TPSA) is 26.0 Å². The fourth-order valence-electron chi connectivity index (χ4n) is 2.31. The number of para-hydroxylation sites is 1. The summed E-state index contributed by atoms with van der Waals surface area (Å²) in [6.07, 6.45) is 4.80. The third-order valence-electron chi connectivity index (χ3n) is 3.07. The van der Waals surface area contributed by atoms with Gasteiger partial charge in [0.15, 0.2) is 5.58 Å². The number of benzene rings is 1. The van der Waals surface area contributed by atoms with E-state index < -0.39 is 0 Å². The second kappa shape index (κ2) is 5.15. The summed E-state index contributed by atoms with van der Waals surface area (Å²) >= 11 is 0. The van der Waals surface area contributed by atoms with Gasteiger partial charge in [0.25, 0.3) is 0 Å². The highest BCUT2D eigenvalue weighted by Gasteiger charge is 2.17. The Labute approximate surface area is 96.6 Å². The number of hydrogen-bond acceptors (Lipinski definition) is 2. The minimum Gasteiger partial charge on any atom is -0.356 e.